The fourth-order valence-corrected chi connectivity index (χ4v) is 3.23. The molecular formula is C28H48N2. The molecule has 0 aliphatic carbocycles. The average Bonchev–Trinajstić information content (AvgIpc) is 2.78. The minimum atomic E-state index is 0.687. The Morgan fingerprint density at radius 1 is 0.700 bits per heavy atom. The third kappa shape index (κ3) is 12.1. The van der Waals surface area contributed by atoms with Crippen molar-refractivity contribution < 1.29 is 0 Å². The summed E-state index contributed by atoms with van der Waals surface area (Å²) in [6.07, 6.45) is 3.87. The molecular weight excluding hydrogens is 364 g/mol. The van der Waals surface area contributed by atoms with Gasteiger partial charge in [-0.2, -0.15) is 0 Å². The van der Waals surface area contributed by atoms with Crippen LogP contribution in [0.25, 0.3) is 0 Å². The van der Waals surface area contributed by atoms with Crippen LogP contribution in [-0.2, 0) is 13.1 Å². The molecule has 0 radical (unpaired) electrons. The molecule has 2 nitrogen and oxygen atoms in total. The van der Waals surface area contributed by atoms with Crippen LogP contribution >= 0.6 is 0 Å². The van der Waals surface area contributed by atoms with Gasteiger partial charge in [0.15, 0.2) is 0 Å². The van der Waals surface area contributed by atoms with Gasteiger partial charge in [0.2, 0.25) is 0 Å². The van der Waals surface area contributed by atoms with Crippen LogP contribution < -0.4 is 10.6 Å². The second-order valence-electron chi connectivity index (χ2n) is 7.67. The summed E-state index contributed by atoms with van der Waals surface area (Å²) < 4.78 is 0. The second-order valence-corrected chi connectivity index (χ2v) is 7.67. The molecule has 2 N–H and O–H groups in total. The standard InChI is InChI=1S/C24H36N2.2C2H6/c1-5-6-7-24(17-25-15-22-11-8-19(2)9-12-22)18-26-16-23-13-10-20(3)21(4)14-23;2*1-2/h8-14,24-26H,5-7,15-18H2,1-4H3;2*1-2H3. The minimum absolute atomic E-state index is 0.687. The van der Waals surface area contributed by atoms with Gasteiger partial charge in [0.25, 0.3) is 0 Å². The molecule has 0 aliphatic rings. The van der Waals surface area contributed by atoms with Crippen LogP contribution in [0.3, 0.4) is 0 Å². The Labute approximate surface area is 187 Å². The first kappa shape index (κ1) is 28.4. The molecule has 1 unspecified atom stereocenters. The average molecular weight is 413 g/mol. The van der Waals surface area contributed by atoms with Crippen LogP contribution in [0.2, 0.25) is 0 Å². The molecule has 0 saturated heterocycles. The lowest BCUT2D eigenvalue weighted by atomic mass is 10.0. The van der Waals surface area contributed by atoms with E-state index in [1.54, 1.807) is 0 Å². The summed E-state index contributed by atoms with van der Waals surface area (Å²) in [6.45, 7) is 20.9. The molecule has 0 amide bonds. The number of benzene rings is 2. The molecule has 1 atom stereocenters. The van der Waals surface area contributed by atoms with Gasteiger partial charge in [-0.3, -0.25) is 0 Å². The molecule has 0 aromatic heterocycles. The number of unbranched alkanes of at least 4 members (excludes halogenated alkanes) is 1. The van der Waals surface area contributed by atoms with E-state index in [2.05, 4.69) is 80.8 Å². The highest BCUT2D eigenvalue weighted by Gasteiger charge is 2.08. The van der Waals surface area contributed by atoms with Crippen molar-refractivity contribution in [1.82, 2.24) is 10.6 Å². The van der Waals surface area contributed by atoms with Crippen molar-refractivity contribution in [2.75, 3.05) is 13.1 Å². The van der Waals surface area contributed by atoms with E-state index in [9.17, 15) is 0 Å². The van der Waals surface area contributed by atoms with Crippen molar-refractivity contribution in [3.05, 3.63) is 70.3 Å². The van der Waals surface area contributed by atoms with Crippen LogP contribution in [0.4, 0.5) is 0 Å². The molecule has 0 saturated carbocycles. The van der Waals surface area contributed by atoms with E-state index in [0.29, 0.717) is 5.92 Å². The summed E-state index contributed by atoms with van der Waals surface area (Å²) in [5.74, 6) is 0.687. The maximum atomic E-state index is 3.67. The molecule has 2 aromatic carbocycles. The molecule has 2 rings (SSSR count). The molecule has 0 fully saturated rings. The number of hydrogen-bond donors (Lipinski definition) is 2. The lowest BCUT2D eigenvalue weighted by molar-refractivity contribution is 0.404. The van der Waals surface area contributed by atoms with Crippen molar-refractivity contribution in [3.63, 3.8) is 0 Å². The summed E-state index contributed by atoms with van der Waals surface area (Å²) in [5, 5.41) is 7.33. The SMILES string of the molecule is CC.CC.CCCCC(CNCc1ccc(C)cc1)CNCc1ccc(C)c(C)c1. The van der Waals surface area contributed by atoms with Crippen LogP contribution in [-0.4, -0.2) is 13.1 Å². The summed E-state index contributed by atoms with van der Waals surface area (Å²) in [5.41, 5.74) is 6.83. The van der Waals surface area contributed by atoms with Crippen molar-refractivity contribution >= 4 is 0 Å². The van der Waals surface area contributed by atoms with Gasteiger partial charge in [-0.25, -0.2) is 0 Å². The molecule has 0 bridgehead atoms. The largest absolute Gasteiger partial charge is 0.312 e. The second kappa shape index (κ2) is 18.2. The summed E-state index contributed by atoms with van der Waals surface area (Å²) in [6, 6.07) is 15.6. The van der Waals surface area contributed by atoms with Crippen LogP contribution in [0, 0.1) is 26.7 Å². The Kier molecular flexibility index (Phi) is 17.2. The Morgan fingerprint density at radius 3 is 1.77 bits per heavy atom. The van der Waals surface area contributed by atoms with Gasteiger partial charge < -0.3 is 10.6 Å². The quantitative estimate of drug-likeness (QED) is 0.403. The zero-order valence-electron chi connectivity index (χ0n) is 21.1. The van der Waals surface area contributed by atoms with E-state index >= 15 is 0 Å². The zero-order valence-corrected chi connectivity index (χ0v) is 21.1. The van der Waals surface area contributed by atoms with Crippen molar-refractivity contribution in [2.24, 2.45) is 5.92 Å². The first-order chi connectivity index (χ1) is 14.6. The third-order valence-corrected chi connectivity index (χ3v) is 5.18. The number of rotatable bonds is 11. The van der Waals surface area contributed by atoms with Crippen LogP contribution in [0.1, 0.15) is 81.7 Å². The van der Waals surface area contributed by atoms with Gasteiger partial charge >= 0.3 is 0 Å². The van der Waals surface area contributed by atoms with Crippen molar-refractivity contribution in [1.29, 1.82) is 0 Å². The van der Waals surface area contributed by atoms with Gasteiger partial charge in [0.1, 0.15) is 0 Å². The Balaban J connectivity index is 0.00000198. The molecule has 0 aliphatic heterocycles. The fourth-order valence-electron chi connectivity index (χ4n) is 3.23. The Bertz CT molecular complexity index is 646. The molecule has 2 aromatic rings. The maximum Gasteiger partial charge on any atom is 0.0205 e. The van der Waals surface area contributed by atoms with Crippen LogP contribution in [0.5, 0.6) is 0 Å². The summed E-state index contributed by atoms with van der Waals surface area (Å²) in [4.78, 5) is 0. The number of aryl methyl sites for hydroxylation is 3. The predicted molar refractivity (Wildman–Crippen MR) is 136 cm³/mol. The van der Waals surface area contributed by atoms with Gasteiger partial charge in [-0.1, -0.05) is 95.5 Å². The van der Waals surface area contributed by atoms with Gasteiger partial charge in [-0.05, 0) is 68.5 Å². The zero-order chi connectivity index (χ0) is 22.8. The minimum Gasteiger partial charge on any atom is -0.312 e. The lowest BCUT2D eigenvalue weighted by Gasteiger charge is -2.19. The van der Waals surface area contributed by atoms with Gasteiger partial charge in [0, 0.05) is 13.1 Å². The van der Waals surface area contributed by atoms with E-state index in [1.807, 2.05) is 27.7 Å². The molecule has 170 valence electrons. The van der Waals surface area contributed by atoms with E-state index in [1.165, 1.54) is 47.1 Å². The topological polar surface area (TPSA) is 24.1 Å². The fraction of sp³-hybridized carbons (Fsp3) is 0.571. The van der Waals surface area contributed by atoms with Crippen molar-refractivity contribution in [3.8, 4) is 0 Å². The highest BCUT2D eigenvalue weighted by atomic mass is 14.9. The third-order valence-electron chi connectivity index (χ3n) is 5.18. The van der Waals surface area contributed by atoms with E-state index in [4.69, 9.17) is 0 Å². The van der Waals surface area contributed by atoms with E-state index in [0.717, 1.165) is 26.2 Å². The Morgan fingerprint density at radius 2 is 1.23 bits per heavy atom. The Hall–Kier alpha value is -1.64. The lowest BCUT2D eigenvalue weighted by Crippen LogP contribution is -2.31. The molecule has 0 spiro atoms. The number of nitrogens with one attached hydrogen (secondary N) is 2. The van der Waals surface area contributed by atoms with E-state index < -0.39 is 0 Å². The molecule has 0 heterocycles. The summed E-state index contributed by atoms with van der Waals surface area (Å²) in [7, 11) is 0. The van der Waals surface area contributed by atoms with E-state index in [-0.39, 0.29) is 0 Å². The van der Waals surface area contributed by atoms with Gasteiger partial charge in [-0.15, -0.1) is 0 Å². The smallest absolute Gasteiger partial charge is 0.0205 e. The first-order valence-corrected chi connectivity index (χ1v) is 12.1. The number of hydrogen-bond acceptors (Lipinski definition) is 2. The highest BCUT2D eigenvalue weighted by molar-refractivity contribution is 5.29. The van der Waals surface area contributed by atoms with Crippen LogP contribution in [0.15, 0.2) is 42.5 Å². The monoisotopic (exact) mass is 412 g/mol. The maximum absolute atomic E-state index is 3.67. The summed E-state index contributed by atoms with van der Waals surface area (Å²) >= 11 is 0. The van der Waals surface area contributed by atoms with Gasteiger partial charge in [0.05, 0.1) is 0 Å². The normalized spacial score (nSPS) is 11.1. The molecule has 2 heteroatoms. The first-order valence-electron chi connectivity index (χ1n) is 12.1. The predicted octanol–water partition coefficient (Wildman–Crippen LogP) is 7.35. The highest BCUT2D eigenvalue weighted by Crippen LogP contribution is 2.11. The molecule has 30 heavy (non-hydrogen) atoms. The van der Waals surface area contributed by atoms with Crippen molar-refractivity contribution in [2.45, 2.75) is 87.7 Å².